The minimum atomic E-state index is 0. The molecule has 0 aromatic carbocycles. The minimum absolute atomic E-state index is 0. The van der Waals surface area contributed by atoms with Gasteiger partial charge in [-0.1, -0.05) is 25.6 Å². The van der Waals surface area contributed by atoms with Crippen LogP contribution in [0, 0.1) is 6.42 Å². The van der Waals surface area contributed by atoms with E-state index in [9.17, 15) is 0 Å². The van der Waals surface area contributed by atoms with Gasteiger partial charge in [0.05, 0.1) is 0 Å². The Hall–Kier alpha value is -0.318. The molecular formula is C9H14NRe-. The third kappa shape index (κ3) is 6.10. The predicted molar refractivity (Wildman–Crippen MR) is 44.7 cm³/mol. The molecule has 0 N–H and O–H groups in total. The van der Waals surface area contributed by atoms with Crippen LogP contribution in [0.25, 0.3) is 0 Å². The molecule has 1 aromatic heterocycles. The second-order valence-corrected chi connectivity index (χ2v) is 1.54. The van der Waals surface area contributed by atoms with Crippen molar-refractivity contribution in [3.05, 3.63) is 36.5 Å². The number of hydrogen-bond acceptors (Lipinski definition) is 1. The molecule has 1 heterocycles. The maximum atomic E-state index is 4.04. The minimum Gasteiger partial charge on any atom is -0.295 e. The van der Waals surface area contributed by atoms with E-state index in [1.807, 2.05) is 45.4 Å². The number of aromatic nitrogens is 1. The number of rotatable bonds is 1. The molecular weight excluding hydrogens is 308 g/mol. The van der Waals surface area contributed by atoms with Crippen molar-refractivity contribution in [3.63, 3.8) is 0 Å². The average Bonchev–Trinajstić information content (AvgIpc) is 2.10. The summed E-state index contributed by atoms with van der Waals surface area (Å²) in [4.78, 5) is 4.04. The van der Waals surface area contributed by atoms with Crippen molar-refractivity contribution >= 4 is 0 Å². The summed E-state index contributed by atoms with van der Waals surface area (Å²) in [6, 6.07) is 5.86. The third-order valence-electron chi connectivity index (χ3n) is 0.984. The number of pyridine rings is 1. The van der Waals surface area contributed by atoms with E-state index in [0.717, 1.165) is 5.69 Å². The Bertz CT molecular complexity index is 151. The molecule has 11 heavy (non-hydrogen) atoms. The van der Waals surface area contributed by atoms with Crippen molar-refractivity contribution in [1.29, 1.82) is 0 Å². The van der Waals surface area contributed by atoms with Gasteiger partial charge in [0.25, 0.3) is 0 Å². The topological polar surface area (TPSA) is 12.9 Å². The Morgan fingerprint density at radius 1 is 1.27 bits per heavy atom. The fourth-order valence-electron chi connectivity index (χ4n) is 0.547. The van der Waals surface area contributed by atoms with Crippen molar-refractivity contribution in [2.24, 2.45) is 0 Å². The molecule has 1 rings (SSSR count). The first kappa shape index (κ1) is 13.3. The van der Waals surface area contributed by atoms with E-state index >= 15 is 0 Å². The smallest absolute Gasteiger partial charge is 0.0222 e. The molecule has 1 nitrogen and oxygen atoms in total. The standard InChI is InChI=1S/C7H8N.C2H6.Re/c1-2-7-5-3-4-6-8-7;1-2;/h2-6H,1H3;1-2H3;/q-1;;. The van der Waals surface area contributed by atoms with Crippen LogP contribution < -0.4 is 0 Å². The number of nitrogens with zero attached hydrogens (tertiary/aromatic N) is 1. The van der Waals surface area contributed by atoms with Crippen molar-refractivity contribution in [1.82, 2.24) is 4.98 Å². The summed E-state index contributed by atoms with van der Waals surface area (Å²) in [5, 5.41) is 0. The van der Waals surface area contributed by atoms with Gasteiger partial charge in [0, 0.05) is 26.6 Å². The van der Waals surface area contributed by atoms with Crippen LogP contribution >= 0.6 is 0 Å². The first-order valence-corrected chi connectivity index (χ1v) is 3.64. The third-order valence-corrected chi connectivity index (χ3v) is 0.984. The van der Waals surface area contributed by atoms with Crippen LogP contribution in [0.1, 0.15) is 26.5 Å². The molecule has 0 spiro atoms. The first-order chi connectivity index (χ1) is 4.93. The Morgan fingerprint density at radius 2 is 1.91 bits per heavy atom. The summed E-state index contributed by atoms with van der Waals surface area (Å²) >= 11 is 0. The van der Waals surface area contributed by atoms with Gasteiger partial charge in [-0.05, 0) is 0 Å². The van der Waals surface area contributed by atoms with Crippen LogP contribution in [0.3, 0.4) is 0 Å². The Balaban J connectivity index is 0. The first-order valence-electron chi connectivity index (χ1n) is 3.64. The van der Waals surface area contributed by atoms with E-state index in [4.69, 9.17) is 0 Å². The molecule has 0 saturated heterocycles. The van der Waals surface area contributed by atoms with Gasteiger partial charge in [0.1, 0.15) is 0 Å². The van der Waals surface area contributed by atoms with Crippen LogP contribution in [-0.2, 0) is 20.4 Å². The Labute approximate surface area is 82.9 Å². The van der Waals surface area contributed by atoms with Crippen LogP contribution in [0.4, 0.5) is 0 Å². The predicted octanol–water partition coefficient (Wildman–Crippen LogP) is 2.68. The summed E-state index contributed by atoms with van der Waals surface area (Å²) in [7, 11) is 0. The SMILES string of the molecule is CC.C[CH-]c1ccccn1.[Re]. The van der Waals surface area contributed by atoms with Gasteiger partial charge in [-0.3, -0.25) is 4.98 Å². The molecule has 0 atom stereocenters. The number of hydrogen-bond donors (Lipinski definition) is 0. The van der Waals surface area contributed by atoms with E-state index in [-0.39, 0.29) is 20.4 Å². The maximum absolute atomic E-state index is 4.04. The summed E-state index contributed by atoms with van der Waals surface area (Å²) < 4.78 is 0. The molecule has 0 unspecified atom stereocenters. The molecule has 2 heteroatoms. The zero-order valence-corrected chi connectivity index (χ0v) is 9.93. The normalized spacial score (nSPS) is 6.82. The Kier molecular flexibility index (Phi) is 11.7. The van der Waals surface area contributed by atoms with Gasteiger partial charge in [-0.25, -0.2) is 6.42 Å². The second-order valence-electron chi connectivity index (χ2n) is 1.54. The van der Waals surface area contributed by atoms with E-state index in [2.05, 4.69) is 4.98 Å². The van der Waals surface area contributed by atoms with E-state index in [0.29, 0.717) is 0 Å². The average molecular weight is 322 g/mol. The van der Waals surface area contributed by atoms with Crippen LogP contribution in [0.2, 0.25) is 0 Å². The summed E-state index contributed by atoms with van der Waals surface area (Å²) in [5.74, 6) is 0. The van der Waals surface area contributed by atoms with Gasteiger partial charge in [-0.2, -0.15) is 6.07 Å². The second kappa shape index (κ2) is 9.68. The molecule has 0 fully saturated rings. The van der Waals surface area contributed by atoms with Gasteiger partial charge in [0.2, 0.25) is 0 Å². The molecule has 63 valence electrons. The molecule has 0 amide bonds. The van der Waals surface area contributed by atoms with Gasteiger partial charge in [-0.15, -0.1) is 13.0 Å². The largest absolute Gasteiger partial charge is 0.295 e. The molecule has 1 aromatic rings. The van der Waals surface area contributed by atoms with E-state index < -0.39 is 0 Å². The molecule has 1 radical (unpaired) electrons. The molecule has 0 bridgehead atoms. The van der Waals surface area contributed by atoms with Crippen molar-refractivity contribution in [3.8, 4) is 0 Å². The van der Waals surface area contributed by atoms with Crippen molar-refractivity contribution in [2.45, 2.75) is 20.8 Å². The maximum Gasteiger partial charge on any atom is 0.0222 e. The van der Waals surface area contributed by atoms with E-state index in [1.165, 1.54) is 0 Å². The monoisotopic (exact) mass is 323 g/mol. The summed E-state index contributed by atoms with van der Waals surface area (Å²) in [6.07, 6.45) is 3.76. The molecule has 0 aliphatic rings. The molecule has 0 aliphatic heterocycles. The van der Waals surface area contributed by atoms with Crippen LogP contribution in [0.15, 0.2) is 24.4 Å². The zero-order valence-electron chi connectivity index (χ0n) is 7.21. The summed E-state index contributed by atoms with van der Waals surface area (Å²) in [6.45, 7) is 5.97. The summed E-state index contributed by atoms with van der Waals surface area (Å²) in [5.41, 5.74) is 1.03. The molecule has 0 aliphatic carbocycles. The van der Waals surface area contributed by atoms with Crippen LogP contribution in [-0.4, -0.2) is 4.98 Å². The fraction of sp³-hybridized carbons (Fsp3) is 0.333. The van der Waals surface area contributed by atoms with Crippen LogP contribution in [0.5, 0.6) is 0 Å². The van der Waals surface area contributed by atoms with Gasteiger partial charge < -0.3 is 0 Å². The van der Waals surface area contributed by atoms with Gasteiger partial charge in [0.15, 0.2) is 0 Å². The van der Waals surface area contributed by atoms with Crippen molar-refractivity contribution < 1.29 is 20.4 Å². The Morgan fingerprint density at radius 3 is 2.18 bits per heavy atom. The van der Waals surface area contributed by atoms with E-state index in [1.54, 1.807) is 6.20 Å². The van der Waals surface area contributed by atoms with Crippen molar-refractivity contribution in [2.75, 3.05) is 0 Å². The quantitative estimate of drug-likeness (QED) is 0.725. The molecule has 0 saturated carbocycles. The fourth-order valence-corrected chi connectivity index (χ4v) is 0.547. The zero-order chi connectivity index (χ0) is 7.82. The van der Waals surface area contributed by atoms with Gasteiger partial charge >= 0.3 is 0 Å².